The Morgan fingerprint density at radius 3 is 2.44 bits per heavy atom. The number of rotatable bonds is 7. The van der Waals surface area contributed by atoms with Crippen LogP contribution in [0.2, 0.25) is 0 Å². The lowest BCUT2D eigenvalue weighted by atomic mass is 9.94. The van der Waals surface area contributed by atoms with Crippen LogP contribution < -0.4 is 10.6 Å². The zero-order chi connectivity index (χ0) is 18.7. The first kappa shape index (κ1) is 19.2. The van der Waals surface area contributed by atoms with E-state index in [-0.39, 0.29) is 28.8 Å². The van der Waals surface area contributed by atoms with Gasteiger partial charge >= 0.3 is 0 Å². The minimum absolute atomic E-state index is 0.0117. The molecule has 138 valence electrons. The van der Waals surface area contributed by atoms with Gasteiger partial charge in [0.25, 0.3) is 5.69 Å². The van der Waals surface area contributed by atoms with Crippen LogP contribution in [0.15, 0.2) is 24.3 Å². The van der Waals surface area contributed by atoms with Crippen molar-refractivity contribution in [3.05, 3.63) is 34.4 Å². The fourth-order valence-corrected chi connectivity index (χ4v) is 3.24. The molecule has 1 fully saturated rings. The summed E-state index contributed by atoms with van der Waals surface area (Å²) in [6, 6.07) is 6.26. The molecule has 0 aromatic heterocycles. The number of nitro groups is 1. The SMILES string of the molecule is CC1(C)C[C@@H](NC(=O)CCCNc2ccc([N+](=O)[O-])cc2)C(C)(C)O1. The maximum atomic E-state index is 12.2. The first-order valence-electron chi connectivity index (χ1n) is 8.57. The second-order valence-corrected chi connectivity index (χ2v) is 7.62. The van der Waals surface area contributed by atoms with E-state index in [0.717, 1.165) is 12.1 Å². The number of carbonyl (C=O) groups is 1. The summed E-state index contributed by atoms with van der Waals surface area (Å²) < 4.78 is 5.98. The monoisotopic (exact) mass is 349 g/mol. The second-order valence-electron chi connectivity index (χ2n) is 7.62. The summed E-state index contributed by atoms with van der Waals surface area (Å²) in [5.74, 6) is 0.0184. The van der Waals surface area contributed by atoms with Crippen LogP contribution >= 0.6 is 0 Å². The smallest absolute Gasteiger partial charge is 0.269 e. The van der Waals surface area contributed by atoms with Gasteiger partial charge in [-0.05, 0) is 52.7 Å². The predicted octanol–water partition coefficient (Wildman–Crippen LogP) is 3.25. The Bertz CT molecular complexity index is 626. The molecule has 0 saturated carbocycles. The lowest BCUT2D eigenvalue weighted by Gasteiger charge is -2.27. The van der Waals surface area contributed by atoms with Crippen LogP contribution in [0.4, 0.5) is 11.4 Å². The predicted molar refractivity (Wildman–Crippen MR) is 96.6 cm³/mol. The lowest BCUT2D eigenvalue weighted by molar-refractivity contribution is -0.384. The zero-order valence-corrected chi connectivity index (χ0v) is 15.3. The van der Waals surface area contributed by atoms with Gasteiger partial charge in [0.2, 0.25) is 5.91 Å². The highest BCUT2D eigenvalue weighted by Crippen LogP contribution is 2.37. The topological polar surface area (TPSA) is 93.5 Å². The molecule has 1 amide bonds. The number of ether oxygens (including phenoxy) is 1. The molecule has 0 bridgehead atoms. The first-order valence-corrected chi connectivity index (χ1v) is 8.57. The molecule has 0 unspecified atom stereocenters. The van der Waals surface area contributed by atoms with Crippen LogP contribution in [0.1, 0.15) is 47.0 Å². The normalized spacial score (nSPS) is 20.9. The van der Waals surface area contributed by atoms with E-state index < -0.39 is 4.92 Å². The van der Waals surface area contributed by atoms with Crippen LogP contribution in [-0.4, -0.2) is 34.6 Å². The van der Waals surface area contributed by atoms with Crippen molar-refractivity contribution in [3.63, 3.8) is 0 Å². The van der Waals surface area contributed by atoms with Crippen molar-refractivity contribution in [2.45, 2.75) is 64.2 Å². The quantitative estimate of drug-likeness (QED) is 0.448. The molecule has 2 N–H and O–H groups in total. The Labute approximate surface area is 148 Å². The highest BCUT2D eigenvalue weighted by atomic mass is 16.6. The van der Waals surface area contributed by atoms with Crippen molar-refractivity contribution in [1.82, 2.24) is 5.32 Å². The largest absolute Gasteiger partial charge is 0.385 e. The van der Waals surface area contributed by atoms with E-state index in [4.69, 9.17) is 4.74 Å². The van der Waals surface area contributed by atoms with E-state index >= 15 is 0 Å². The molecule has 1 saturated heterocycles. The third-order valence-electron chi connectivity index (χ3n) is 4.40. The maximum absolute atomic E-state index is 12.2. The van der Waals surface area contributed by atoms with E-state index in [0.29, 0.717) is 19.4 Å². The van der Waals surface area contributed by atoms with Gasteiger partial charge in [-0.3, -0.25) is 14.9 Å². The van der Waals surface area contributed by atoms with Gasteiger partial charge in [0.15, 0.2) is 0 Å². The van der Waals surface area contributed by atoms with Crippen LogP contribution in [-0.2, 0) is 9.53 Å². The molecule has 7 nitrogen and oxygen atoms in total. The van der Waals surface area contributed by atoms with Gasteiger partial charge in [0.05, 0.1) is 22.2 Å². The van der Waals surface area contributed by atoms with Crippen LogP contribution in [0.3, 0.4) is 0 Å². The Morgan fingerprint density at radius 2 is 1.92 bits per heavy atom. The van der Waals surface area contributed by atoms with Gasteiger partial charge in [0, 0.05) is 30.8 Å². The summed E-state index contributed by atoms with van der Waals surface area (Å²) in [6.07, 6.45) is 1.90. The highest BCUT2D eigenvalue weighted by molar-refractivity contribution is 5.76. The Balaban J connectivity index is 1.71. The molecule has 1 aliphatic heterocycles. The van der Waals surface area contributed by atoms with Crippen molar-refractivity contribution in [2.24, 2.45) is 0 Å². The molecule has 1 aromatic rings. The molecule has 0 aliphatic carbocycles. The molecular formula is C18H27N3O4. The van der Waals surface area contributed by atoms with Crippen LogP contribution in [0.5, 0.6) is 0 Å². The van der Waals surface area contributed by atoms with E-state index in [1.807, 2.05) is 27.7 Å². The van der Waals surface area contributed by atoms with Crippen LogP contribution in [0, 0.1) is 10.1 Å². The molecule has 2 rings (SSSR count). The van der Waals surface area contributed by atoms with Gasteiger partial charge in [-0.25, -0.2) is 0 Å². The molecule has 0 spiro atoms. The standard InChI is InChI=1S/C18H27N3O4/c1-17(2)12-15(18(3,4)25-17)20-16(22)6-5-11-19-13-7-9-14(10-8-13)21(23)24/h7-10,15,19H,5-6,11-12H2,1-4H3,(H,20,22)/t15-/m1/s1. The number of nitrogens with one attached hydrogen (secondary N) is 2. The molecule has 1 aliphatic rings. The lowest BCUT2D eigenvalue weighted by Crippen LogP contribution is -2.46. The van der Waals surface area contributed by atoms with Crippen LogP contribution in [0.25, 0.3) is 0 Å². The van der Waals surface area contributed by atoms with E-state index in [1.54, 1.807) is 12.1 Å². The molecule has 7 heteroatoms. The highest BCUT2D eigenvalue weighted by Gasteiger charge is 2.46. The fraction of sp³-hybridized carbons (Fsp3) is 0.611. The minimum atomic E-state index is -0.427. The molecule has 25 heavy (non-hydrogen) atoms. The molecular weight excluding hydrogens is 322 g/mol. The van der Waals surface area contributed by atoms with E-state index in [9.17, 15) is 14.9 Å². The summed E-state index contributed by atoms with van der Waals surface area (Å²) >= 11 is 0. The summed E-state index contributed by atoms with van der Waals surface area (Å²) in [4.78, 5) is 22.3. The third-order valence-corrected chi connectivity index (χ3v) is 4.40. The Morgan fingerprint density at radius 1 is 1.28 bits per heavy atom. The van der Waals surface area contributed by atoms with Gasteiger partial charge in [-0.2, -0.15) is 0 Å². The molecule has 0 radical (unpaired) electrons. The number of nitrogens with zero attached hydrogens (tertiary/aromatic N) is 1. The maximum Gasteiger partial charge on any atom is 0.269 e. The average Bonchev–Trinajstić information content (AvgIpc) is 2.71. The number of carbonyl (C=O) groups excluding carboxylic acids is 1. The van der Waals surface area contributed by atoms with E-state index in [1.165, 1.54) is 12.1 Å². The third kappa shape index (κ3) is 5.42. The van der Waals surface area contributed by atoms with Crippen molar-refractivity contribution in [1.29, 1.82) is 0 Å². The van der Waals surface area contributed by atoms with Gasteiger partial charge in [-0.1, -0.05) is 0 Å². The number of hydrogen-bond acceptors (Lipinski definition) is 5. The minimum Gasteiger partial charge on any atom is -0.385 e. The number of amides is 1. The number of nitro benzene ring substituents is 1. The average molecular weight is 349 g/mol. The zero-order valence-electron chi connectivity index (χ0n) is 15.3. The number of anilines is 1. The van der Waals surface area contributed by atoms with Gasteiger partial charge < -0.3 is 15.4 Å². The van der Waals surface area contributed by atoms with Crippen molar-refractivity contribution < 1.29 is 14.5 Å². The van der Waals surface area contributed by atoms with Gasteiger partial charge in [0.1, 0.15) is 0 Å². The Kier molecular flexibility index (Phi) is 5.67. The fourth-order valence-electron chi connectivity index (χ4n) is 3.24. The summed E-state index contributed by atoms with van der Waals surface area (Å²) in [5, 5.41) is 16.8. The first-order chi connectivity index (χ1) is 11.6. The number of benzene rings is 1. The molecule has 1 heterocycles. The number of non-ortho nitro benzene ring substituents is 1. The molecule has 1 aromatic carbocycles. The van der Waals surface area contributed by atoms with Crippen molar-refractivity contribution in [3.8, 4) is 0 Å². The summed E-state index contributed by atoms with van der Waals surface area (Å²) in [6.45, 7) is 8.71. The van der Waals surface area contributed by atoms with Crippen molar-refractivity contribution >= 4 is 17.3 Å². The van der Waals surface area contributed by atoms with Crippen molar-refractivity contribution in [2.75, 3.05) is 11.9 Å². The summed E-state index contributed by atoms with van der Waals surface area (Å²) in [5.41, 5.74) is 0.280. The second kappa shape index (κ2) is 7.39. The van der Waals surface area contributed by atoms with E-state index in [2.05, 4.69) is 10.6 Å². The summed E-state index contributed by atoms with van der Waals surface area (Å²) in [7, 11) is 0. The Hall–Kier alpha value is -2.15. The number of hydrogen-bond donors (Lipinski definition) is 2. The van der Waals surface area contributed by atoms with Gasteiger partial charge in [-0.15, -0.1) is 0 Å². The molecule has 1 atom stereocenters.